The molecule has 4 rings (SSSR count). The molecule has 6 nitrogen and oxygen atoms in total. The van der Waals surface area contributed by atoms with Crippen LogP contribution in [-0.2, 0) is 10.1 Å². The Morgan fingerprint density at radius 3 is 2.47 bits per heavy atom. The third kappa shape index (κ3) is 3.95. The molecule has 0 radical (unpaired) electrons. The number of hydrogen-bond donors (Lipinski definition) is 1. The number of hydrogen-bond acceptors (Lipinski definition) is 5. The minimum atomic E-state index is -4.02. The number of rotatable bonds is 5. The second-order valence-electron chi connectivity index (χ2n) is 6.66. The van der Waals surface area contributed by atoms with E-state index in [0.717, 1.165) is 16.6 Å². The Labute approximate surface area is 174 Å². The van der Waals surface area contributed by atoms with Crippen molar-refractivity contribution < 1.29 is 12.6 Å². The van der Waals surface area contributed by atoms with Crippen molar-refractivity contribution in [3.63, 3.8) is 0 Å². The minimum absolute atomic E-state index is 0.0599. The maximum absolute atomic E-state index is 12.7. The molecule has 0 fully saturated rings. The lowest BCUT2D eigenvalue weighted by atomic mass is 10.1. The molecule has 0 bridgehead atoms. The van der Waals surface area contributed by atoms with Crippen molar-refractivity contribution in [1.82, 2.24) is 9.97 Å². The summed E-state index contributed by atoms with van der Waals surface area (Å²) in [5.41, 5.74) is 3.20. The van der Waals surface area contributed by atoms with Crippen LogP contribution in [0.1, 0.15) is 17.0 Å². The molecule has 0 aliphatic heterocycles. The smallest absolute Gasteiger partial charge is 0.339 e. The van der Waals surface area contributed by atoms with Crippen molar-refractivity contribution in [2.24, 2.45) is 0 Å². The maximum Gasteiger partial charge on any atom is 0.339 e. The number of aromatic amines is 1. The zero-order chi connectivity index (χ0) is 21.1. The molecule has 1 aromatic heterocycles. The van der Waals surface area contributed by atoms with E-state index >= 15 is 0 Å². The van der Waals surface area contributed by atoms with Gasteiger partial charge in [0.1, 0.15) is 22.5 Å². The van der Waals surface area contributed by atoms with Crippen LogP contribution >= 0.6 is 0 Å². The van der Waals surface area contributed by atoms with E-state index in [1.807, 2.05) is 31.2 Å². The fraction of sp³-hybridized carbons (Fsp3) is 0.0435. The number of fused-ring (bicyclic) bond motifs is 1. The van der Waals surface area contributed by atoms with Crippen LogP contribution in [0.25, 0.3) is 22.7 Å². The van der Waals surface area contributed by atoms with Gasteiger partial charge in [-0.1, -0.05) is 48.0 Å². The van der Waals surface area contributed by atoms with Crippen LogP contribution in [0.3, 0.4) is 0 Å². The standard InChI is InChI=1S/C23H17N3O3S/c1-16-10-12-19(13-11-16)30(27,28)29-22-9-5-2-6-17(22)14-18(15-24)23-25-20-7-3-4-8-21(20)26-23/h2-14H,1H3,(H,25,26)/b18-14+. The van der Waals surface area contributed by atoms with Gasteiger partial charge in [-0.15, -0.1) is 0 Å². The van der Waals surface area contributed by atoms with Gasteiger partial charge in [-0.3, -0.25) is 0 Å². The zero-order valence-electron chi connectivity index (χ0n) is 16.0. The number of allylic oxidation sites excluding steroid dienone is 1. The molecule has 7 heteroatoms. The summed E-state index contributed by atoms with van der Waals surface area (Å²) in [6.07, 6.45) is 1.55. The van der Waals surface area contributed by atoms with Crippen LogP contribution < -0.4 is 4.18 Å². The molecule has 0 atom stereocenters. The van der Waals surface area contributed by atoms with Crippen molar-refractivity contribution >= 4 is 32.8 Å². The van der Waals surface area contributed by atoms with E-state index in [2.05, 4.69) is 16.0 Å². The highest BCUT2D eigenvalue weighted by molar-refractivity contribution is 7.87. The summed E-state index contributed by atoms with van der Waals surface area (Å²) in [6, 6.07) is 22.6. The Hall–Kier alpha value is -3.89. The summed E-state index contributed by atoms with van der Waals surface area (Å²) < 4.78 is 30.7. The molecule has 0 spiro atoms. The Morgan fingerprint density at radius 1 is 1.03 bits per heavy atom. The third-order valence-corrected chi connectivity index (χ3v) is 5.74. The molecule has 0 aliphatic rings. The van der Waals surface area contributed by atoms with E-state index in [4.69, 9.17) is 4.18 Å². The largest absolute Gasteiger partial charge is 0.378 e. The number of benzene rings is 3. The Kier molecular flexibility index (Phi) is 5.09. The van der Waals surface area contributed by atoms with Crippen LogP contribution in [0.15, 0.2) is 77.7 Å². The highest BCUT2D eigenvalue weighted by atomic mass is 32.2. The SMILES string of the molecule is Cc1ccc(S(=O)(=O)Oc2ccccc2/C=C(\C#N)c2nc3ccccc3[nH]2)cc1. The van der Waals surface area contributed by atoms with Crippen molar-refractivity contribution in [2.75, 3.05) is 0 Å². The number of H-pyrrole nitrogens is 1. The van der Waals surface area contributed by atoms with Crippen molar-refractivity contribution in [2.45, 2.75) is 11.8 Å². The Bertz CT molecular complexity index is 1360. The summed E-state index contributed by atoms with van der Waals surface area (Å²) >= 11 is 0. The van der Waals surface area contributed by atoms with E-state index in [0.29, 0.717) is 11.4 Å². The number of aryl methyl sites for hydroxylation is 1. The number of imidazole rings is 1. The number of nitrogens with one attached hydrogen (secondary N) is 1. The highest BCUT2D eigenvalue weighted by Gasteiger charge is 2.18. The summed E-state index contributed by atoms with van der Waals surface area (Å²) in [5.74, 6) is 0.525. The second-order valence-corrected chi connectivity index (χ2v) is 8.21. The van der Waals surface area contributed by atoms with Crippen molar-refractivity contribution in [3.8, 4) is 11.8 Å². The van der Waals surface area contributed by atoms with Gasteiger partial charge in [0, 0.05) is 5.56 Å². The van der Waals surface area contributed by atoms with Gasteiger partial charge < -0.3 is 9.17 Å². The third-order valence-electron chi connectivity index (χ3n) is 4.49. The van der Waals surface area contributed by atoms with E-state index in [1.54, 1.807) is 42.5 Å². The number of para-hydroxylation sites is 3. The Morgan fingerprint density at radius 2 is 1.73 bits per heavy atom. The first-order valence-electron chi connectivity index (χ1n) is 9.13. The average molecular weight is 415 g/mol. The van der Waals surface area contributed by atoms with Crippen molar-refractivity contribution in [1.29, 1.82) is 5.26 Å². The molecule has 0 aliphatic carbocycles. The van der Waals surface area contributed by atoms with Gasteiger partial charge in [0.15, 0.2) is 0 Å². The first-order valence-corrected chi connectivity index (χ1v) is 10.5. The first-order chi connectivity index (χ1) is 14.5. The molecule has 0 amide bonds. The number of aromatic nitrogens is 2. The van der Waals surface area contributed by atoms with Crippen LogP contribution in [0.4, 0.5) is 0 Å². The summed E-state index contributed by atoms with van der Waals surface area (Å²) in [6.45, 7) is 1.87. The maximum atomic E-state index is 12.7. The van der Waals surface area contributed by atoms with Gasteiger partial charge in [0.2, 0.25) is 0 Å². The quantitative estimate of drug-likeness (QED) is 0.376. The molecule has 1 N–H and O–H groups in total. The fourth-order valence-corrected chi connectivity index (χ4v) is 3.89. The van der Waals surface area contributed by atoms with Gasteiger partial charge in [-0.2, -0.15) is 13.7 Å². The lowest BCUT2D eigenvalue weighted by molar-refractivity contribution is 0.485. The average Bonchev–Trinajstić information content (AvgIpc) is 3.17. The molecule has 0 saturated carbocycles. The first kappa shape index (κ1) is 19.4. The molecule has 1 heterocycles. The predicted octanol–water partition coefficient (Wildman–Crippen LogP) is 4.70. The van der Waals surface area contributed by atoms with E-state index in [9.17, 15) is 13.7 Å². The minimum Gasteiger partial charge on any atom is -0.378 e. The van der Waals surface area contributed by atoms with Gasteiger partial charge in [0.05, 0.1) is 16.6 Å². The summed E-state index contributed by atoms with van der Waals surface area (Å²) in [4.78, 5) is 7.60. The number of nitriles is 1. The van der Waals surface area contributed by atoms with E-state index in [1.165, 1.54) is 12.1 Å². The van der Waals surface area contributed by atoms with Crippen LogP contribution in [-0.4, -0.2) is 18.4 Å². The molecule has 3 aromatic carbocycles. The van der Waals surface area contributed by atoms with Gasteiger partial charge in [-0.05, 0) is 43.3 Å². The van der Waals surface area contributed by atoms with Crippen LogP contribution in [0.2, 0.25) is 0 Å². The van der Waals surface area contributed by atoms with Crippen LogP contribution in [0, 0.1) is 18.3 Å². The molecule has 4 aromatic rings. The molecular weight excluding hydrogens is 398 g/mol. The molecular formula is C23H17N3O3S. The van der Waals surface area contributed by atoms with Crippen molar-refractivity contribution in [3.05, 3.63) is 89.7 Å². The normalized spacial score (nSPS) is 11.9. The van der Waals surface area contributed by atoms with Crippen LogP contribution in [0.5, 0.6) is 5.75 Å². The topological polar surface area (TPSA) is 95.8 Å². The fourth-order valence-electron chi connectivity index (χ4n) is 2.94. The predicted molar refractivity (Wildman–Crippen MR) is 115 cm³/mol. The lowest BCUT2D eigenvalue weighted by Gasteiger charge is -2.10. The second kappa shape index (κ2) is 7.85. The monoisotopic (exact) mass is 415 g/mol. The van der Waals surface area contributed by atoms with Gasteiger partial charge in [0.25, 0.3) is 0 Å². The molecule has 148 valence electrons. The zero-order valence-corrected chi connectivity index (χ0v) is 16.8. The summed E-state index contributed by atoms with van der Waals surface area (Å²) in [7, 11) is -4.02. The Balaban J connectivity index is 1.72. The molecule has 0 unspecified atom stereocenters. The number of nitrogens with zero attached hydrogens (tertiary/aromatic N) is 2. The summed E-state index contributed by atoms with van der Waals surface area (Å²) in [5, 5.41) is 9.66. The lowest BCUT2D eigenvalue weighted by Crippen LogP contribution is -2.10. The molecule has 0 saturated heterocycles. The molecule has 30 heavy (non-hydrogen) atoms. The van der Waals surface area contributed by atoms with E-state index in [-0.39, 0.29) is 16.2 Å². The van der Waals surface area contributed by atoms with E-state index < -0.39 is 10.1 Å². The highest BCUT2D eigenvalue weighted by Crippen LogP contribution is 2.27. The van der Waals surface area contributed by atoms with Gasteiger partial charge in [-0.25, -0.2) is 4.98 Å². The van der Waals surface area contributed by atoms with Gasteiger partial charge >= 0.3 is 10.1 Å².